The zero-order valence-electron chi connectivity index (χ0n) is 20.1. The van der Waals surface area contributed by atoms with Gasteiger partial charge in [-0.3, -0.25) is 9.52 Å². The van der Waals surface area contributed by atoms with Crippen molar-refractivity contribution in [2.24, 2.45) is 7.05 Å². The monoisotopic (exact) mass is 497 g/mol. The molecule has 0 bridgehead atoms. The van der Waals surface area contributed by atoms with Crippen LogP contribution in [0.3, 0.4) is 0 Å². The van der Waals surface area contributed by atoms with Crippen molar-refractivity contribution in [1.82, 2.24) is 14.5 Å². The Bertz CT molecular complexity index is 1530. The first-order valence-corrected chi connectivity index (χ1v) is 12.2. The third-order valence-electron chi connectivity index (χ3n) is 5.51. The molecule has 35 heavy (non-hydrogen) atoms. The predicted octanol–water partition coefficient (Wildman–Crippen LogP) is 3.04. The Labute approximate surface area is 203 Å². The number of ether oxygens (including phenoxy) is 2. The highest BCUT2D eigenvalue weighted by molar-refractivity contribution is 7.92. The molecule has 0 saturated carbocycles. The number of likely N-dealkylation sites (N-methyl/N-ethyl adjacent to an activating group) is 1. The molecule has 0 radical (unpaired) electrons. The first-order chi connectivity index (χ1) is 16.6. The van der Waals surface area contributed by atoms with Gasteiger partial charge >= 0.3 is 0 Å². The van der Waals surface area contributed by atoms with Gasteiger partial charge in [-0.2, -0.15) is 4.98 Å². The lowest BCUT2D eigenvalue weighted by atomic mass is 10.1. The van der Waals surface area contributed by atoms with Gasteiger partial charge in [-0.05, 0) is 50.5 Å². The van der Waals surface area contributed by atoms with Gasteiger partial charge in [0.15, 0.2) is 0 Å². The highest BCUT2D eigenvalue weighted by Crippen LogP contribution is 2.33. The summed E-state index contributed by atoms with van der Waals surface area (Å²) in [4.78, 5) is 18.2. The van der Waals surface area contributed by atoms with Crippen molar-refractivity contribution in [1.29, 1.82) is 0 Å². The summed E-state index contributed by atoms with van der Waals surface area (Å²) in [7, 11) is 4.49. The van der Waals surface area contributed by atoms with Crippen molar-refractivity contribution in [2.75, 3.05) is 44.9 Å². The highest BCUT2D eigenvalue weighted by atomic mass is 32.2. The molecule has 0 saturated heterocycles. The smallest absolute Gasteiger partial charge is 0.262 e. The van der Waals surface area contributed by atoms with Gasteiger partial charge in [0.25, 0.3) is 10.0 Å². The lowest BCUT2D eigenvalue weighted by Crippen LogP contribution is -2.27. The van der Waals surface area contributed by atoms with E-state index in [0.29, 0.717) is 11.6 Å². The molecule has 0 fully saturated rings. The second kappa shape index (κ2) is 9.43. The van der Waals surface area contributed by atoms with Crippen molar-refractivity contribution in [3.8, 4) is 11.8 Å². The maximum absolute atomic E-state index is 13.2. The Morgan fingerprint density at radius 2 is 1.77 bits per heavy atom. The molecule has 0 unspecified atom stereocenters. The molecule has 0 aliphatic heterocycles. The summed E-state index contributed by atoms with van der Waals surface area (Å²) >= 11 is 0. The van der Waals surface area contributed by atoms with Gasteiger partial charge in [-0.1, -0.05) is 6.07 Å². The second-order valence-electron chi connectivity index (χ2n) is 8.27. The molecule has 2 heterocycles. The van der Waals surface area contributed by atoms with Gasteiger partial charge in [-0.25, -0.2) is 8.42 Å². The minimum Gasteiger partial charge on any atom is -0.481 e. The molecule has 0 spiro atoms. The molecule has 11 heteroatoms. The molecule has 1 amide bonds. The van der Waals surface area contributed by atoms with E-state index in [0.717, 1.165) is 21.8 Å². The summed E-state index contributed by atoms with van der Waals surface area (Å²) in [6.07, 6.45) is 0. The highest BCUT2D eigenvalue weighted by Gasteiger charge is 2.20. The molecule has 2 N–H and O–H groups in total. The molecule has 10 nitrogen and oxygen atoms in total. The minimum absolute atomic E-state index is 0.0960. The van der Waals surface area contributed by atoms with Crippen molar-refractivity contribution in [3.05, 3.63) is 48.5 Å². The van der Waals surface area contributed by atoms with E-state index in [1.165, 1.54) is 20.3 Å². The number of rotatable bonds is 8. The standard InChI is InChI=1S/C24H27N5O5S/c1-28(2)14-22(30)25-15-6-8-17-18-13-16(7-10-20(18)29(3)21(17)12-15)35(31,32)27-19-9-11-23(33-4)26-24(19)34-5/h6-13,27H,14H2,1-5H3,(H,25,30). The van der Waals surface area contributed by atoms with Crippen LogP contribution < -0.4 is 19.5 Å². The third kappa shape index (κ3) is 4.86. The number of nitrogens with one attached hydrogen (secondary N) is 2. The average Bonchev–Trinajstić information content (AvgIpc) is 3.09. The molecule has 0 aliphatic rings. The molecule has 0 atom stereocenters. The number of amides is 1. The molecular weight excluding hydrogens is 470 g/mol. The number of aryl methyl sites for hydroxylation is 1. The van der Waals surface area contributed by atoms with E-state index in [4.69, 9.17) is 9.47 Å². The van der Waals surface area contributed by atoms with Gasteiger partial charge in [-0.15, -0.1) is 0 Å². The average molecular weight is 498 g/mol. The summed E-state index contributed by atoms with van der Waals surface area (Å²) in [5.41, 5.74) is 2.60. The van der Waals surface area contributed by atoms with Gasteiger partial charge in [0.2, 0.25) is 17.7 Å². The van der Waals surface area contributed by atoms with Crippen LogP contribution in [0.1, 0.15) is 0 Å². The van der Waals surface area contributed by atoms with Crippen molar-refractivity contribution in [3.63, 3.8) is 0 Å². The summed E-state index contributed by atoms with van der Waals surface area (Å²) in [5.74, 6) is 0.290. The molecule has 2 aromatic heterocycles. The van der Waals surface area contributed by atoms with Gasteiger partial charge < -0.3 is 24.3 Å². The van der Waals surface area contributed by atoms with Gasteiger partial charge in [0, 0.05) is 35.1 Å². The minimum atomic E-state index is -3.93. The molecule has 2 aromatic carbocycles. The van der Waals surface area contributed by atoms with E-state index in [2.05, 4.69) is 15.0 Å². The Morgan fingerprint density at radius 1 is 1.00 bits per heavy atom. The van der Waals surface area contributed by atoms with Crippen LogP contribution in [0.2, 0.25) is 0 Å². The normalized spacial score (nSPS) is 11.7. The topological polar surface area (TPSA) is 115 Å². The zero-order valence-corrected chi connectivity index (χ0v) is 20.9. The van der Waals surface area contributed by atoms with Crippen LogP contribution in [0.25, 0.3) is 21.8 Å². The zero-order chi connectivity index (χ0) is 25.3. The Balaban J connectivity index is 1.71. The summed E-state index contributed by atoms with van der Waals surface area (Å²) in [6.45, 7) is 0.274. The summed E-state index contributed by atoms with van der Waals surface area (Å²) in [5, 5.41) is 4.54. The van der Waals surface area contributed by atoms with Crippen LogP contribution in [0.4, 0.5) is 11.4 Å². The van der Waals surface area contributed by atoms with Crippen molar-refractivity contribution in [2.45, 2.75) is 4.90 Å². The van der Waals surface area contributed by atoms with Crippen molar-refractivity contribution < 1.29 is 22.7 Å². The van der Waals surface area contributed by atoms with E-state index in [-0.39, 0.29) is 28.9 Å². The molecule has 184 valence electrons. The SMILES string of the molecule is COc1ccc(NS(=O)(=O)c2ccc3c(c2)c2ccc(NC(=O)CN(C)C)cc2n3C)c(OC)n1. The number of aromatic nitrogens is 2. The Kier molecular flexibility index (Phi) is 6.55. The molecule has 4 rings (SSSR count). The fourth-order valence-corrected chi connectivity index (χ4v) is 4.98. The van der Waals surface area contributed by atoms with Crippen LogP contribution in [0.5, 0.6) is 11.8 Å². The number of benzene rings is 2. The van der Waals surface area contributed by atoms with E-state index >= 15 is 0 Å². The second-order valence-corrected chi connectivity index (χ2v) is 9.95. The lowest BCUT2D eigenvalue weighted by molar-refractivity contribution is -0.116. The van der Waals surface area contributed by atoms with Crippen molar-refractivity contribution >= 4 is 49.1 Å². The van der Waals surface area contributed by atoms with Crippen LogP contribution in [-0.4, -0.2) is 63.6 Å². The number of anilines is 2. The number of hydrogen-bond donors (Lipinski definition) is 2. The molecular formula is C24H27N5O5S. The maximum atomic E-state index is 13.2. The largest absolute Gasteiger partial charge is 0.481 e. The van der Waals surface area contributed by atoms with E-state index in [9.17, 15) is 13.2 Å². The van der Waals surface area contributed by atoms with E-state index < -0.39 is 10.0 Å². The first-order valence-electron chi connectivity index (χ1n) is 10.7. The Hall–Kier alpha value is -3.83. The van der Waals surface area contributed by atoms with Gasteiger partial charge in [0.1, 0.15) is 5.69 Å². The number of pyridine rings is 1. The number of hydrogen-bond acceptors (Lipinski definition) is 7. The fraction of sp³-hybridized carbons (Fsp3) is 0.250. The van der Waals surface area contributed by atoms with Crippen LogP contribution in [-0.2, 0) is 21.9 Å². The van der Waals surface area contributed by atoms with E-state index in [1.807, 2.05) is 43.9 Å². The van der Waals surface area contributed by atoms with Crippen LogP contribution in [0, 0.1) is 0 Å². The molecule has 4 aromatic rings. The Morgan fingerprint density at radius 3 is 2.46 bits per heavy atom. The number of nitrogens with zero attached hydrogens (tertiary/aromatic N) is 3. The third-order valence-corrected chi connectivity index (χ3v) is 6.88. The van der Waals surface area contributed by atoms with Crippen LogP contribution >= 0.6 is 0 Å². The number of sulfonamides is 1. The fourth-order valence-electron chi connectivity index (χ4n) is 3.90. The summed E-state index contributed by atoms with van der Waals surface area (Å²) in [6, 6.07) is 13.6. The van der Waals surface area contributed by atoms with Crippen LogP contribution in [0.15, 0.2) is 53.4 Å². The van der Waals surface area contributed by atoms with Gasteiger partial charge in [0.05, 0.1) is 31.2 Å². The quantitative estimate of drug-likeness (QED) is 0.385. The predicted molar refractivity (Wildman–Crippen MR) is 136 cm³/mol. The summed E-state index contributed by atoms with van der Waals surface area (Å²) < 4.78 is 41.2. The number of carbonyl (C=O) groups excluding carboxylic acids is 1. The lowest BCUT2D eigenvalue weighted by Gasteiger charge is -2.12. The van der Waals surface area contributed by atoms with E-state index in [1.54, 1.807) is 29.2 Å². The molecule has 0 aliphatic carbocycles. The maximum Gasteiger partial charge on any atom is 0.262 e. The number of fused-ring (bicyclic) bond motifs is 3. The number of methoxy groups -OCH3 is 2. The first kappa shape index (κ1) is 24.3. The number of carbonyl (C=O) groups is 1.